The largest absolute Gasteiger partial charge is 0.353 e. The molecule has 2 N–H and O–H groups in total. The average Bonchev–Trinajstić information content (AvgIpc) is 3.52. The summed E-state index contributed by atoms with van der Waals surface area (Å²) >= 11 is 1.28. The molecule has 1 aliphatic heterocycles. The van der Waals surface area contributed by atoms with Gasteiger partial charge >= 0.3 is 0 Å². The summed E-state index contributed by atoms with van der Waals surface area (Å²) in [5.41, 5.74) is 3.96. The number of rotatable bonds is 6. The Bertz CT molecular complexity index is 1340. The Balaban J connectivity index is 1.31. The lowest BCUT2D eigenvalue weighted by molar-refractivity contribution is -0.125. The molecule has 0 radical (unpaired) electrons. The molecule has 1 aliphatic carbocycles. The fourth-order valence-corrected chi connectivity index (χ4v) is 5.71. The van der Waals surface area contributed by atoms with E-state index in [1.54, 1.807) is 0 Å². The van der Waals surface area contributed by atoms with Crippen molar-refractivity contribution < 1.29 is 9.59 Å². The standard InChI is InChI=1S/C25H30N6O3S/c1-14-9-15(2)20(16(3)10-14)28-19(32)12-31-13-26-22-21(24(31)34)35-25(29-22)30-8-4-5-17(11-30)23(33)27-18-6-7-18/h9-10,13,17-18H,4-8,11-12H2,1-3H3,(H,27,33)(H,28,32)/t17-/m0/s1. The number of fused-ring (bicyclic) bond motifs is 1. The Morgan fingerprint density at radius 3 is 2.60 bits per heavy atom. The Morgan fingerprint density at radius 1 is 1.14 bits per heavy atom. The van der Waals surface area contributed by atoms with Crippen molar-refractivity contribution in [3.05, 3.63) is 45.5 Å². The fourth-order valence-electron chi connectivity index (χ4n) is 4.71. The van der Waals surface area contributed by atoms with Crippen LogP contribution in [0.2, 0.25) is 0 Å². The molecule has 1 saturated carbocycles. The molecular formula is C25H30N6O3S. The number of thiazole rings is 1. The number of nitrogens with one attached hydrogen (secondary N) is 2. The molecule has 2 aliphatic rings. The van der Waals surface area contributed by atoms with Gasteiger partial charge < -0.3 is 15.5 Å². The van der Waals surface area contributed by atoms with Gasteiger partial charge in [0.2, 0.25) is 11.8 Å². The van der Waals surface area contributed by atoms with Crippen molar-refractivity contribution in [3.63, 3.8) is 0 Å². The van der Waals surface area contributed by atoms with Crippen LogP contribution in [0.1, 0.15) is 42.4 Å². The van der Waals surface area contributed by atoms with Crippen LogP contribution in [0.15, 0.2) is 23.3 Å². The Labute approximate surface area is 207 Å². The molecule has 184 valence electrons. The maximum absolute atomic E-state index is 13.1. The monoisotopic (exact) mass is 494 g/mol. The minimum atomic E-state index is -0.286. The first-order valence-corrected chi connectivity index (χ1v) is 12.9. The summed E-state index contributed by atoms with van der Waals surface area (Å²) in [4.78, 5) is 49.4. The van der Waals surface area contributed by atoms with Crippen LogP contribution in [0.4, 0.5) is 10.8 Å². The van der Waals surface area contributed by atoms with Crippen LogP contribution >= 0.6 is 11.3 Å². The van der Waals surface area contributed by atoms with Crippen LogP contribution in [0, 0.1) is 26.7 Å². The summed E-state index contributed by atoms with van der Waals surface area (Å²) in [6.07, 6.45) is 5.28. The molecule has 1 atom stereocenters. The third-order valence-electron chi connectivity index (χ3n) is 6.61. The van der Waals surface area contributed by atoms with Crippen LogP contribution in [-0.2, 0) is 16.1 Å². The smallest absolute Gasteiger partial charge is 0.273 e. The van der Waals surface area contributed by atoms with Gasteiger partial charge in [-0.25, -0.2) is 4.98 Å². The van der Waals surface area contributed by atoms with Gasteiger partial charge in [0.15, 0.2) is 10.8 Å². The van der Waals surface area contributed by atoms with Gasteiger partial charge in [0.1, 0.15) is 17.6 Å². The van der Waals surface area contributed by atoms with E-state index in [9.17, 15) is 14.4 Å². The highest BCUT2D eigenvalue weighted by molar-refractivity contribution is 7.22. The van der Waals surface area contributed by atoms with Gasteiger partial charge in [-0.05, 0) is 57.6 Å². The number of carbonyl (C=O) groups is 2. The van der Waals surface area contributed by atoms with E-state index in [1.165, 1.54) is 22.2 Å². The first-order valence-electron chi connectivity index (χ1n) is 12.1. The second-order valence-electron chi connectivity index (χ2n) is 9.72. The molecule has 0 bridgehead atoms. The molecule has 10 heteroatoms. The van der Waals surface area contributed by atoms with Crippen molar-refractivity contribution in [2.75, 3.05) is 23.3 Å². The Morgan fingerprint density at radius 2 is 1.89 bits per heavy atom. The van der Waals surface area contributed by atoms with Gasteiger partial charge in [0, 0.05) is 24.8 Å². The molecule has 1 aromatic carbocycles. The van der Waals surface area contributed by atoms with Crippen LogP contribution in [-0.4, -0.2) is 45.5 Å². The van der Waals surface area contributed by atoms with Gasteiger partial charge in [-0.2, -0.15) is 4.98 Å². The first kappa shape index (κ1) is 23.5. The minimum Gasteiger partial charge on any atom is -0.353 e. The van der Waals surface area contributed by atoms with Gasteiger partial charge in [0.25, 0.3) is 5.56 Å². The number of hydrogen-bond acceptors (Lipinski definition) is 7. The van der Waals surface area contributed by atoms with E-state index in [0.717, 1.165) is 54.6 Å². The Hall–Kier alpha value is -3.27. The zero-order valence-electron chi connectivity index (χ0n) is 20.3. The molecule has 0 spiro atoms. The average molecular weight is 495 g/mol. The quantitative estimate of drug-likeness (QED) is 0.545. The maximum Gasteiger partial charge on any atom is 0.273 e. The summed E-state index contributed by atoms with van der Waals surface area (Å²) in [7, 11) is 0. The lowest BCUT2D eigenvalue weighted by Gasteiger charge is -2.31. The zero-order valence-corrected chi connectivity index (χ0v) is 21.1. The van der Waals surface area contributed by atoms with Crippen molar-refractivity contribution >= 4 is 44.3 Å². The van der Waals surface area contributed by atoms with Gasteiger partial charge in [-0.1, -0.05) is 29.0 Å². The molecule has 3 heterocycles. The summed E-state index contributed by atoms with van der Waals surface area (Å²) in [5, 5.41) is 6.73. The van der Waals surface area contributed by atoms with E-state index in [-0.39, 0.29) is 29.8 Å². The lowest BCUT2D eigenvalue weighted by atomic mass is 9.97. The van der Waals surface area contributed by atoms with Crippen molar-refractivity contribution in [2.24, 2.45) is 5.92 Å². The number of piperidine rings is 1. The molecule has 2 fully saturated rings. The fraction of sp³-hybridized carbons (Fsp3) is 0.480. The molecule has 3 aromatic rings. The highest BCUT2D eigenvalue weighted by atomic mass is 32.1. The van der Waals surface area contributed by atoms with Crippen molar-refractivity contribution in [1.29, 1.82) is 0 Å². The van der Waals surface area contributed by atoms with Crippen molar-refractivity contribution in [3.8, 4) is 0 Å². The van der Waals surface area contributed by atoms with Crippen LogP contribution < -0.4 is 21.1 Å². The van der Waals surface area contributed by atoms with E-state index in [4.69, 9.17) is 0 Å². The second kappa shape index (κ2) is 9.41. The van der Waals surface area contributed by atoms with E-state index in [2.05, 4.69) is 25.5 Å². The summed E-state index contributed by atoms with van der Waals surface area (Å²) in [6.45, 7) is 7.17. The zero-order chi connectivity index (χ0) is 24.7. The van der Waals surface area contributed by atoms with E-state index in [0.29, 0.717) is 28.1 Å². The number of anilines is 2. The first-order chi connectivity index (χ1) is 16.8. The minimum absolute atomic E-state index is 0.0710. The third-order valence-corrected chi connectivity index (χ3v) is 7.71. The van der Waals surface area contributed by atoms with Crippen LogP contribution in [0.25, 0.3) is 10.3 Å². The lowest BCUT2D eigenvalue weighted by Crippen LogP contribution is -2.43. The number of nitrogens with zero attached hydrogens (tertiary/aromatic N) is 4. The SMILES string of the molecule is Cc1cc(C)c(NC(=O)Cn2cnc3nc(N4CCC[C@H](C(=O)NC5CC5)C4)sc3c2=O)c(C)c1. The number of aromatic nitrogens is 3. The topological polar surface area (TPSA) is 109 Å². The molecule has 0 unspecified atom stereocenters. The summed E-state index contributed by atoms with van der Waals surface area (Å²) < 4.78 is 1.74. The number of aryl methyl sites for hydroxylation is 3. The van der Waals surface area contributed by atoms with Gasteiger partial charge in [-0.3, -0.25) is 19.0 Å². The van der Waals surface area contributed by atoms with Gasteiger partial charge in [0.05, 0.1) is 5.92 Å². The normalized spacial score (nSPS) is 18.0. The van der Waals surface area contributed by atoms with E-state index in [1.807, 2.05) is 32.9 Å². The van der Waals surface area contributed by atoms with Crippen molar-refractivity contribution in [2.45, 2.75) is 59.0 Å². The third kappa shape index (κ3) is 5.07. The van der Waals surface area contributed by atoms with E-state index < -0.39 is 0 Å². The summed E-state index contributed by atoms with van der Waals surface area (Å²) in [5.74, 6) is -0.240. The highest BCUT2D eigenvalue weighted by Gasteiger charge is 2.31. The molecule has 35 heavy (non-hydrogen) atoms. The van der Waals surface area contributed by atoms with E-state index >= 15 is 0 Å². The molecule has 5 rings (SSSR count). The Kier molecular flexibility index (Phi) is 6.31. The maximum atomic E-state index is 13.1. The molecular weight excluding hydrogens is 464 g/mol. The number of amides is 2. The molecule has 1 saturated heterocycles. The van der Waals surface area contributed by atoms with Crippen LogP contribution in [0.5, 0.6) is 0 Å². The number of hydrogen-bond donors (Lipinski definition) is 2. The second-order valence-corrected chi connectivity index (χ2v) is 10.7. The molecule has 2 aromatic heterocycles. The highest BCUT2D eigenvalue weighted by Crippen LogP contribution is 2.30. The molecule has 2 amide bonds. The van der Waals surface area contributed by atoms with Crippen molar-refractivity contribution in [1.82, 2.24) is 19.9 Å². The number of carbonyl (C=O) groups excluding carboxylic acids is 2. The summed E-state index contributed by atoms with van der Waals surface area (Å²) in [6, 6.07) is 4.38. The predicted molar refractivity (Wildman–Crippen MR) is 137 cm³/mol. The van der Waals surface area contributed by atoms with Gasteiger partial charge in [-0.15, -0.1) is 0 Å². The predicted octanol–water partition coefficient (Wildman–Crippen LogP) is 2.91. The van der Waals surface area contributed by atoms with Crippen LogP contribution in [0.3, 0.4) is 0 Å². The molecule has 9 nitrogen and oxygen atoms in total. The number of benzene rings is 1.